The summed E-state index contributed by atoms with van der Waals surface area (Å²) in [5, 5.41) is 12.8. The van der Waals surface area contributed by atoms with Gasteiger partial charge in [0.25, 0.3) is 5.91 Å². The van der Waals surface area contributed by atoms with Crippen LogP contribution < -0.4 is 14.8 Å². The number of carbonyl (C=O) groups is 2. The van der Waals surface area contributed by atoms with E-state index in [0.717, 1.165) is 23.1 Å². The maximum Gasteiger partial charge on any atom is 0.253 e. The van der Waals surface area contributed by atoms with Gasteiger partial charge in [-0.25, -0.2) is 0 Å². The zero-order chi connectivity index (χ0) is 28.5. The number of aryl methyl sites for hydroxylation is 1. The van der Waals surface area contributed by atoms with Crippen LogP contribution in [-0.4, -0.2) is 54.2 Å². The van der Waals surface area contributed by atoms with E-state index in [0.29, 0.717) is 45.2 Å². The quantitative estimate of drug-likeness (QED) is 0.217. The van der Waals surface area contributed by atoms with Gasteiger partial charge in [0.1, 0.15) is 5.01 Å². The van der Waals surface area contributed by atoms with Gasteiger partial charge in [-0.2, -0.15) is 0 Å². The molecule has 2 amide bonds. The molecule has 0 saturated heterocycles. The van der Waals surface area contributed by atoms with Crippen molar-refractivity contribution in [1.29, 1.82) is 0 Å². The number of methoxy groups -OCH3 is 2. The number of hydrogen-bond acceptors (Lipinski definition) is 7. The zero-order valence-electron chi connectivity index (χ0n) is 22.6. The second kappa shape index (κ2) is 13.9. The number of rotatable bonds is 12. The van der Waals surface area contributed by atoms with Crippen LogP contribution in [0.5, 0.6) is 11.5 Å². The van der Waals surface area contributed by atoms with E-state index in [1.165, 1.54) is 11.3 Å². The Morgan fingerprint density at radius 2 is 1.60 bits per heavy atom. The molecule has 8 nitrogen and oxygen atoms in total. The monoisotopic (exact) mass is 578 g/mol. The summed E-state index contributed by atoms with van der Waals surface area (Å²) in [6.07, 6.45) is 1.59. The average molecular weight is 579 g/mol. The third-order valence-corrected chi connectivity index (χ3v) is 7.53. The lowest BCUT2D eigenvalue weighted by Gasteiger charge is -2.23. The number of amides is 2. The third kappa shape index (κ3) is 7.58. The number of nitrogens with zero attached hydrogens (tertiary/aromatic N) is 3. The summed E-state index contributed by atoms with van der Waals surface area (Å²) in [7, 11) is 3.18. The van der Waals surface area contributed by atoms with Gasteiger partial charge in [0.05, 0.1) is 14.2 Å². The highest BCUT2D eigenvalue weighted by molar-refractivity contribution is 7.18. The molecule has 4 aromatic rings. The Hall–Kier alpha value is -3.95. The fourth-order valence-electron chi connectivity index (χ4n) is 4.08. The van der Waals surface area contributed by atoms with Gasteiger partial charge < -0.3 is 19.7 Å². The summed E-state index contributed by atoms with van der Waals surface area (Å²) >= 11 is 7.24. The van der Waals surface area contributed by atoms with E-state index in [-0.39, 0.29) is 24.8 Å². The first kappa shape index (κ1) is 29.0. The summed E-state index contributed by atoms with van der Waals surface area (Å²) in [4.78, 5) is 28.0. The highest BCUT2D eigenvalue weighted by atomic mass is 35.5. The van der Waals surface area contributed by atoms with Crippen molar-refractivity contribution in [2.75, 3.05) is 32.6 Å². The lowest BCUT2D eigenvalue weighted by atomic mass is 10.1. The molecule has 4 rings (SSSR count). The van der Waals surface area contributed by atoms with E-state index >= 15 is 0 Å². The van der Waals surface area contributed by atoms with E-state index in [9.17, 15) is 9.59 Å². The predicted molar refractivity (Wildman–Crippen MR) is 159 cm³/mol. The molecule has 10 heteroatoms. The third-order valence-electron chi connectivity index (χ3n) is 6.39. The molecule has 3 aromatic carbocycles. The van der Waals surface area contributed by atoms with E-state index in [1.54, 1.807) is 31.3 Å². The topological polar surface area (TPSA) is 93.7 Å². The number of anilines is 1. The largest absolute Gasteiger partial charge is 0.493 e. The molecule has 40 heavy (non-hydrogen) atoms. The van der Waals surface area contributed by atoms with Crippen molar-refractivity contribution >= 4 is 39.9 Å². The summed E-state index contributed by atoms with van der Waals surface area (Å²) < 4.78 is 10.7. The van der Waals surface area contributed by atoms with Crippen LogP contribution in [-0.2, 0) is 17.6 Å². The highest BCUT2D eigenvalue weighted by Crippen LogP contribution is 2.29. The molecule has 0 fully saturated rings. The molecule has 0 unspecified atom stereocenters. The zero-order valence-corrected chi connectivity index (χ0v) is 24.2. The Balaban J connectivity index is 1.43. The normalized spacial score (nSPS) is 10.7. The Morgan fingerprint density at radius 1 is 0.900 bits per heavy atom. The lowest BCUT2D eigenvalue weighted by molar-refractivity contribution is -0.116. The second-order valence-corrected chi connectivity index (χ2v) is 10.4. The lowest BCUT2D eigenvalue weighted by Crippen LogP contribution is -2.35. The first-order valence-corrected chi connectivity index (χ1v) is 14.1. The number of carbonyl (C=O) groups excluding carboxylic acids is 2. The van der Waals surface area contributed by atoms with Gasteiger partial charge in [-0.1, -0.05) is 60.2 Å². The molecule has 0 radical (unpaired) electrons. The van der Waals surface area contributed by atoms with Gasteiger partial charge in [0, 0.05) is 35.7 Å². The van der Waals surface area contributed by atoms with Crippen molar-refractivity contribution in [3.05, 3.63) is 88.4 Å². The summed E-state index contributed by atoms with van der Waals surface area (Å²) in [5.41, 5.74) is 3.60. The van der Waals surface area contributed by atoms with E-state index in [2.05, 4.69) is 22.4 Å². The van der Waals surface area contributed by atoms with Crippen molar-refractivity contribution < 1.29 is 19.1 Å². The molecule has 0 aliphatic carbocycles. The smallest absolute Gasteiger partial charge is 0.253 e. The minimum Gasteiger partial charge on any atom is -0.493 e. The number of halogens is 1. The van der Waals surface area contributed by atoms with Gasteiger partial charge in [-0.05, 0) is 60.4 Å². The van der Waals surface area contributed by atoms with Crippen molar-refractivity contribution in [2.24, 2.45) is 0 Å². The van der Waals surface area contributed by atoms with Crippen molar-refractivity contribution in [1.82, 2.24) is 15.1 Å². The molecule has 0 bridgehead atoms. The summed E-state index contributed by atoms with van der Waals surface area (Å²) in [6, 6.07) is 20.5. The number of hydrogen-bond donors (Lipinski definition) is 1. The second-order valence-electron chi connectivity index (χ2n) is 9.00. The number of ether oxygens (including phenoxy) is 2. The highest BCUT2D eigenvalue weighted by Gasteiger charge is 2.18. The maximum absolute atomic E-state index is 13.5. The summed E-state index contributed by atoms with van der Waals surface area (Å²) in [6.45, 7) is 2.74. The Labute approximate surface area is 242 Å². The number of nitrogens with one attached hydrogen (secondary N) is 1. The van der Waals surface area contributed by atoms with Gasteiger partial charge in [0.15, 0.2) is 11.5 Å². The predicted octanol–water partition coefficient (Wildman–Crippen LogP) is 6.15. The van der Waals surface area contributed by atoms with Crippen LogP contribution in [0.2, 0.25) is 5.02 Å². The van der Waals surface area contributed by atoms with Crippen LogP contribution in [0.1, 0.15) is 34.8 Å². The van der Waals surface area contributed by atoms with Crippen LogP contribution in [0.4, 0.5) is 5.13 Å². The first-order chi connectivity index (χ1) is 19.4. The molecule has 208 valence electrons. The molecule has 1 heterocycles. The van der Waals surface area contributed by atoms with E-state index < -0.39 is 0 Å². The van der Waals surface area contributed by atoms with Gasteiger partial charge in [-0.3, -0.25) is 9.59 Å². The molecule has 1 aromatic heterocycles. The standard InChI is InChI=1S/C30H31ClN4O4S/c1-4-20-5-8-23(9-6-20)29(37)35(17-15-21-7-14-25(38-2)26(19-21)39-3)18-16-27(36)32-30-34-33-28(40-30)22-10-12-24(31)13-11-22/h5-14,19H,4,15-18H2,1-3H3,(H,32,34,36). The van der Waals surface area contributed by atoms with Gasteiger partial charge >= 0.3 is 0 Å². The van der Waals surface area contributed by atoms with Crippen LogP contribution in [0.15, 0.2) is 66.7 Å². The fourth-order valence-corrected chi connectivity index (χ4v) is 4.97. The molecule has 0 saturated carbocycles. The van der Waals surface area contributed by atoms with Gasteiger partial charge in [0.2, 0.25) is 11.0 Å². The van der Waals surface area contributed by atoms with Crippen molar-refractivity contribution in [2.45, 2.75) is 26.2 Å². The average Bonchev–Trinajstić information content (AvgIpc) is 3.45. The van der Waals surface area contributed by atoms with E-state index in [4.69, 9.17) is 21.1 Å². The molecule has 0 aliphatic rings. The maximum atomic E-state index is 13.5. The van der Waals surface area contributed by atoms with E-state index in [1.807, 2.05) is 54.6 Å². The Kier molecular flexibility index (Phi) is 10.1. The molecule has 0 atom stereocenters. The van der Waals surface area contributed by atoms with Crippen LogP contribution in [0.25, 0.3) is 10.6 Å². The molecule has 1 N–H and O–H groups in total. The van der Waals surface area contributed by atoms with Crippen LogP contribution in [0.3, 0.4) is 0 Å². The SMILES string of the molecule is CCc1ccc(C(=O)N(CCC(=O)Nc2nnc(-c3ccc(Cl)cc3)s2)CCc2ccc(OC)c(OC)c2)cc1. The molecule has 0 aliphatic heterocycles. The molecule has 0 spiro atoms. The Bertz CT molecular complexity index is 1440. The van der Waals surface area contributed by atoms with Gasteiger partial charge in [-0.15, -0.1) is 10.2 Å². The minimum atomic E-state index is -0.246. The van der Waals surface area contributed by atoms with Crippen molar-refractivity contribution in [3.63, 3.8) is 0 Å². The number of benzene rings is 3. The summed E-state index contributed by atoms with van der Waals surface area (Å²) in [5.74, 6) is 0.895. The first-order valence-electron chi connectivity index (χ1n) is 12.9. The molecular formula is C30H31ClN4O4S. The number of aromatic nitrogens is 2. The van der Waals surface area contributed by atoms with Crippen molar-refractivity contribution in [3.8, 4) is 22.1 Å². The Morgan fingerprint density at radius 3 is 2.27 bits per heavy atom. The van der Waals surface area contributed by atoms with Crippen LogP contribution >= 0.6 is 22.9 Å². The fraction of sp³-hybridized carbons (Fsp3) is 0.267. The molecular weight excluding hydrogens is 548 g/mol. The van der Waals surface area contributed by atoms with Crippen LogP contribution in [0, 0.1) is 0 Å². The minimum absolute atomic E-state index is 0.112.